The molecule has 12 heteroatoms. The molecular weight excluding hydrogens is 467 g/mol. The Labute approximate surface area is 199 Å². The van der Waals surface area contributed by atoms with Gasteiger partial charge in [-0.15, -0.1) is 0 Å². The molecule has 0 spiro atoms. The number of hydrogen-bond donors (Lipinski definition) is 3. The van der Waals surface area contributed by atoms with E-state index in [-0.39, 0.29) is 11.8 Å². The van der Waals surface area contributed by atoms with Crippen molar-refractivity contribution < 1.29 is 32.6 Å². The predicted molar refractivity (Wildman–Crippen MR) is 120 cm³/mol. The second-order valence-corrected chi connectivity index (χ2v) is 8.14. The van der Waals surface area contributed by atoms with E-state index >= 15 is 0 Å². The summed E-state index contributed by atoms with van der Waals surface area (Å²) in [5, 5.41) is 14.6. The van der Waals surface area contributed by atoms with Gasteiger partial charge in [-0.05, 0) is 44.4 Å². The normalized spacial score (nSPS) is 15.0. The first-order chi connectivity index (χ1) is 16.5. The minimum Gasteiger partial charge on any atom is -0.497 e. The van der Waals surface area contributed by atoms with Gasteiger partial charge in [0.25, 0.3) is 0 Å². The van der Waals surface area contributed by atoms with E-state index in [1.165, 1.54) is 0 Å². The van der Waals surface area contributed by atoms with Crippen molar-refractivity contribution in [2.75, 3.05) is 14.2 Å². The minimum atomic E-state index is -5.08. The van der Waals surface area contributed by atoms with Crippen LogP contribution in [0, 0.1) is 6.92 Å². The van der Waals surface area contributed by atoms with Gasteiger partial charge in [0.1, 0.15) is 11.6 Å². The summed E-state index contributed by atoms with van der Waals surface area (Å²) in [6.07, 6.45) is -2.27. The van der Waals surface area contributed by atoms with Crippen molar-refractivity contribution in [1.82, 2.24) is 25.1 Å². The number of aromatic amines is 2. The molecule has 4 rings (SSSR count). The quantitative estimate of drug-likeness (QED) is 0.496. The van der Waals surface area contributed by atoms with Crippen LogP contribution < -0.4 is 4.74 Å². The molecule has 1 amide bonds. The highest BCUT2D eigenvalue weighted by molar-refractivity contribution is 5.83. The first kappa shape index (κ1) is 25.8. The minimum absolute atomic E-state index is 0.102. The Balaban J connectivity index is 0.000000429. The van der Waals surface area contributed by atoms with Crippen LogP contribution >= 0.6 is 0 Å². The highest BCUT2D eigenvalue weighted by Gasteiger charge is 2.38. The van der Waals surface area contributed by atoms with E-state index in [9.17, 15) is 18.0 Å². The molecule has 188 valence electrons. The maximum atomic E-state index is 13.1. The fraction of sp³-hybridized carbons (Fsp3) is 0.391. The molecule has 1 aliphatic rings. The van der Waals surface area contributed by atoms with Gasteiger partial charge in [-0.3, -0.25) is 9.89 Å². The average molecular weight is 493 g/mol. The Hall–Kier alpha value is -3.83. The number of carbonyl (C=O) groups is 2. The number of rotatable bonds is 5. The second kappa shape index (κ2) is 10.6. The Morgan fingerprint density at radius 1 is 1.29 bits per heavy atom. The van der Waals surface area contributed by atoms with Gasteiger partial charge in [0.2, 0.25) is 5.91 Å². The molecule has 3 N–H and O–H groups in total. The fourth-order valence-electron chi connectivity index (χ4n) is 3.87. The van der Waals surface area contributed by atoms with Gasteiger partial charge in [-0.1, -0.05) is 12.1 Å². The Morgan fingerprint density at radius 3 is 2.66 bits per heavy atom. The number of carboxylic acids is 1. The third-order valence-electron chi connectivity index (χ3n) is 5.50. The molecule has 0 aliphatic heterocycles. The third-order valence-corrected chi connectivity index (χ3v) is 5.50. The number of methoxy groups -OCH3 is 1. The van der Waals surface area contributed by atoms with Gasteiger partial charge >= 0.3 is 12.1 Å². The van der Waals surface area contributed by atoms with Crippen LogP contribution in [0.4, 0.5) is 13.2 Å². The standard InChI is InChI=1S/C21H25N5O2.C2HF3O2/c1-13-22-18-9-5-8-17(20(18)23-13)21(27)26(2)12-15-11-19(25-24-15)14-6-4-7-16(10-14)28-3;3-2(4,5)1(6)7/h4,6-7,10-11,17H,5,8-9,12H2,1-3H3,(H,22,23)(H,24,25);(H,6,7). The molecule has 1 unspecified atom stereocenters. The summed E-state index contributed by atoms with van der Waals surface area (Å²) < 4.78 is 37.0. The molecule has 0 saturated heterocycles. The number of amides is 1. The highest BCUT2D eigenvalue weighted by Crippen LogP contribution is 2.31. The lowest BCUT2D eigenvalue weighted by atomic mass is 9.89. The van der Waals surface area contributed by atoms with E-state index < -0.39 is 12.1 Å². The number of nitrogens with one attached hydrogen (secondary N) is 2. The number of imidazole rings is 1. The first-order valence-corrected chi connectivity index (χ1v) is 10.8. The lowest BCUT2D eigenvalue weighted by Gasteiger charge is -2.25. The van der Waals surface area contributed by atoms with Crippen molar-refractivity contribution in [3.05, 3.63) is 53.2 Å². The molecule has 0 saturated carbocycles. The van der Waals surface area contributed by atoms with Crippen molar-refractivity contribution >= 4 is 11.9 Å². The molecule has 2 heterocycles. The number of aliphatic carboxylic acids is 1. The van der Waals surface area contributed by atoms with Gasteiger partial charge in [0.05, 0.1) is 36.7 Å². The molecular formula is C23H26F3N5O4. The maximum Gasteiger partial charge on any atom is 0.490 e. The van der Waals surface area contributed by atoms with E-state index in [0.29, 0.717) is 6.54 Å². The summed E-state index contributed by atoms with van der Waals surface area (Å²) in [6, 6.07) is 9.74. The maximum absolute atomic E-state index is 13.1. The number of carbonyl (C=O) groups excluding carboxylic acids is 1. The van der Waals surface area contributed by atoms with Crippen molar-refractivity contribution in [3.63, 3.8) is 0 Å². The van der Waals surface area contributed by atoms with Crippen LogP contribution in [0.1, 0.15) is 41.7 Å². The zero-order valence-corrected chi connectivity index (χ0v) is 19.4. The number of benzene rings is 1. The molecule has 3 aromatic rings. The van der Waals surface area contributed by atoms with Gasteiger partial charge in [-0.25, -0.2) is 9.78 Å². The van der Waals surface area contributed by atoms with Gasteiger partial charge in [0.15, 0.2) is 0 Å². The van der Waals surface area contributed by atoms with Crippen molar-refractivity contribution in [3.8, 4) is 17.0 Å². The van der Waals surface area contributed by atoms with E-state index in [2.05, 4.69) is 20.2 Å². The molecule has 0 fully saturated rings. The zero-order valence-electron chi connectivity index (χ0n) is 19.4. The molecule has 9 nitrogen and oxygen atoms in total. The predicted octanol–water partition coefficient (Wildman–Crippen LogP) is 3.83. The Morgan fingerprint density at radius 2 is 2.00 bits per heavy atom. The molecule has 1 aromatic carbocycles. The number of likely N-dealkylation sites (N-methyl/N-ethyl adjacent to an activating group) is 1. The summed E-state index contributed by atoms with van der Waals surface area (Å²) >= 11 is 0. The Kier molecular flexibility index (Phi) is 7.82. The Bertz CT molecular complexity index is 1190. The number of hydrogen-bond acceptors (Lipinski definition) is 5. The van der Waals surface area contributed by atoms with Crippen LogP contribution in [0.15, 0.2) is 30.3 Å². The summed E-state index contributed by atoms with van der Waals surface area (Å²) in [4.78, 5) is 31.6. The van der Waals surface area contributed by atoms with E-state index in [0.717, 1.165) is 59.2 Å². The largest absolute Gasteiger partial charge is 0.497 e. The highest BCUT2D eigenvalue weighted by atomic mass is 19.4. The van der Waals surface area contributed by atoms with Gasteiger partial charge in [-0.2, -0.15) is 18.3 Å². The molecule has 1 atom stereocenters. The second-order valence-electron chi connectivity index (χ2n) is 8.14. The van der Waals surface area contributed by atoms with Crippen molar-refractivity contribution in [2.24, 2.45) is 0 Å². The number of aryl methyl sites for hydroxylation is 2. The van der Waals surface area contributed by atoms with Crippen molar-refractivity contribution in [2.45, 2.75) is 44.8 Å². The molecule has 0 bridgehead atoms. The monoisotopic (exact) mass is 493 g/mol. The van der Waals surface area contributed by atoms with Crippen molar-refractivity contribution in [1.29, 1.82) is 0 Å². The average Bonchev–Trinajstić information content (AvgIpc) is 3.43. The SMILES string of the molecule is COc1cccc(-c2cc(CN(C)C(=O)C3CCCc4[nH]c(C)nc43)[nH]n2)c1.O=C(O)C(F)(F)F. The number of H-pyrrole nitrogens is 2. The van der Waals surface area contributed by atoms with Crippen LogP contribution in [-0.4, -0.2) is 62.4 Å². The third kappa shape index (κ3) is 6.40. The zero-order chi connectivity index (χ0) is 25.8. The topological polar surface area (TPSA) is 124 Å². The van der Waals surface area contributed by atoms with E-state index in [1.807, 2.05) is 44.3 Å². The summed E-state index contributed by atoms with van der Waals surface area (Å²) in [5.41, 5.74) is 4.72. The number of halogens is 3. The lowest BCUT2D eigenvalue weighted by Crippen LogP contribution is -2.33. The number of nitrogens with zero attached hydrogens (tertiary/aromatic N) is 3. The molecule has 0 radical (unpaired) electrons. The molecule has 35 heavy (non-hydrogen) atoms. The molecule has 1 aliphatic carbocycles. The lowest BCUT2D eigenvalue weighted by molar-refractivity contribution is -0.192. The number of carboxylic acid groups (broad SMARTS) is 1. The van der Waals surface area contributed by atoms with Crippen LogP contribution in [0.5, 0.6) is 5.75 Å². The van der Waals surface area contributed by atoms with Crippen LogP contribution in [0.25, 0.3) is 11.3 Å². The number of ether oxygens (including phenoxy) is 1. The van der Waals surface area contributed by atoms with Gasteiger partial charge in [0, 0.05) is 18.3 Å². The van der Waals surface area contributed by atoms with E-state index in [4.69, 9.17) is 14.6 Å². The molecule has 2 aromatic heterocycles. The fourth-order valence-corrected chi connectivity index (χ4v) is 3.87. The van der Waals surface area contributed by atoms with Crippen LogP contribution in [-0.2, 0) is 22.6 Å². The van der Waals surface area contributed by atoms with Crippen LogP contribution in [0.2, 0.25) is 0 Å². The number of aromatic nitrogens is 4. The number of alkyl halides is 3. The smallest absolute Gasteiger partial charge is 0.490 e. The number of fused-ring (bicyclic) bond motifs is 1. The van der Waals surface area contributed by atoms with Crippen LogP contribution in [0.3, 0.4) is 0 Å². The summed E-state index contributed by atoms with van der Waals surface area (Å²) in [5.74, 6) is -1.16. The van der Waals surface area contributed by atoms with E-state index in [1.54, 1.807) is 12.0 Å². The van der Waals surface area contributed by atoms with Gasteiger partial charge < -0.3 is 19.7 Å². The first-order valence-electron chi connectivity index (χ1n) is 10.8. The summed E-state index contributed by atoms with van der Waals surface area (Å²) in [6.45, 7) is 2.42. The summed E-state index contributed by atoms with van der Waals surface area (Å²) in [7, 11) is 3.48.